The predicted molar refractivity (Wildman–Crippen MR) is 109 cm³/mol. The van der Waals surface area contributed by atoms with Crippen LogP contribution in [0.1, 0.15) is 55.3 Å². The number of amides is 2. The fraction of sp³-hybridized carbons (Fsp3) is 0.619. The molecule has 0 spiro atoms. The van der Waals surface area contributed by atoms with Gasteiger partial charge in [0.2, 0.25) is 0 Å². The molecule has 0 atom stereocenters. The maximum absolute atomic E-state index is 12.6. The first-order chi connectivity index (χ1) is 13.0. The number of hydrogen-bond donors (Lipinski definition) is 1. The molecule has 0 radical (unpaired) electrons. The van der Waals surface area contributed by atoms with E-state index < -0.39 is 6.09 Å². The molecule has 1 aromatic rings. The molecular formula is C21H29BrN2O3. The summed E-state index contributed by atoms with van der Waals surface area (Å²) >= 11 is 3.43. The molecule has 2 amide bonds. The zero-order valence-corrected chi connectivity index (χ0v) is 17.4. The van der Waals surface area contributed by atoms with Crippen molar-refractivity contribution in [3.05, 3.63) is 34.3 Å². The van der Waals surface area contributed by atoms with E-state index >= 15 is 0 Å². The van der Waals surface area contributed by atoms with E-state index in [0.717, 1.165) is 54.7 Å². The lowest BCUT2D eigenvalue weighted by Gasteiger charge is -2.33. The van der Waals surface area contributed by atoms with E-state index in [9.17, 15) is 9.59 Å². The minimum Gasteiger partial charge on any atom is -0.465 e. The molecule has 27 heavy (non-hydrogen) atoms. The van der Waals surface area contributed by atoms with Crippen molar-refractivity contribution in [2.75, 3.05) is 26.2 Å². The second-order valence-electron chi connectivity index (χ2n) is 7.89. The minimum atomic E-state index is -0.780. The Hall–Kier alpha value is -1.56. The third kappa shape index (κ3) is 5.71. The van der Waals surface area contributed by atoms with Crippen molar-refractivity contribution in [2.24, 2.45) is 11.8 Å². The van der Waals surface area contributed by atoms with E-state index in [1.165, 1.54) is 24.2 Å². The number of carbonyl (C=O) groups is 2. The SMILES string of the molecule is O=C(O)N1CCC(CCCC2CCN(C(=O)c3cccc(Br)c3)CC2)CC1. The van der Waals surface area contributed by atoms with Crippen LogP contribution in [0, 0.1) is 11.8 Å². The zero-order valence-electron chi connectivity index (χ0n) is 15.8. The molecule has 2 aliphatic rings. The van der Waals surface area contributed by atoms with Crippen molar-refractivity contribution in [2.45, 2.75) is 44.9 Å². The predicted octanol–water partition coefficient (Wildman–Crippen LogP) is 4.86. The molecule has 2 fully saturated rings. The van der Waals surface area contributed by atoms with Gasteiger partial charge in [-0.25, -0.2) is 4.79 Å². The van der Waals surface area contributed by atoms with Crippen LogP contribution in [-0.4, -0.2) is 53.1 Å². The van der Waals surface area contributed by atoms with Crippen molar-refractivity contribution in [1.29, 1.82) is 0 Å². The Kier molecular flexibility index (Phi) is 7.16. The van der Waals surface area contributed by atoms with E-state index in [2.05, 4.69) is 15.9 Å². The molecule has 0 aliphatic carbocycles. The highest BCUT2D eigenvalue weighted by atomic mass is 79.9. The second kappa shape index (κ2) is 9.58. The third-order valence-electron chi connectivity index (χ3n) is 6.08. The van der Waals surface area contributed by atoms with Crippen LogP contribution in [-0.2, 0) is 0 Å². The maximum atomic E-state index is 12.6. The summed E-state index contributed by atoms with van der Waals surface area (Å²) < 4.78 is 0.942. The number of nitrogens with zero attached hydrogens (tertiary/aromatic N) is 2. The van der Waals surface area contributed by atoms with Gasteiger partial charge in [0, 0.05) is 36.2 Å². The first kappa shape index (κ1) is 20.2. The molecule has 3 rings (SSSR count). The average molecular weight is 437 g/mol. The molecule has 148 valence electrons. The van der Waals surface area contributed by atoms with Gasteiger partial charge in [0.25, 0.3) is 5.91 Å². The lowest BCUT2D eigenvalue weighted by Crippen LogP contribution is -2.38. The molecule has 2 saturated heterocycles. The van der Waals surface area contributed by atoms with Gasteiger partial charge in [-0.3, -0.25) is 4.79 Å². The van der Waals surface area contributed by atoms with Crippen LogP contribution in [0.15, 0.2) is 28.7 Å². The van der Waals surface area contributed by atoms with Crippen LogP contribution in [0.3, 0.4) is 0 Å². The summed E-state index contributed by atoms with van der Waals surface area (Å²) in [7, 11) is 0. The van der Waals surface area contributed by atoms with Crippen molar-refractivity contribution >= 4 is 27.9 Å². The van der Waals surface area contributed by atoms with E-state index in [-0.39, 0.29) is 5.91 Å². The number of rotatable bonds is 5. The first-order valence-electron chi connectivity index (χ1n) is 10.1. The Bertz CT molecular complexity index is 651. The Morgan fingerprint density at radius 3 is 2.04 bits per heavy atom. The normalized spacial score (nSPS) is 19.3. The third-order valence-corrected chi connectivity index (χ3v) is 6.58. The summed E-state index contributed by atoms with van der Waals surface area (Å²) in [5, 5.41) is 9.01. The number of benzene rings is 1. The van der Waals surface area contributed by atoms with Gasteiger partial charge in [0.15, 0.2) is 0 Å². The van der Waals surface area contributed by atoms with Crippen LogP contribution < -0.4 is 0 Å². The second-order valence-corrected chi connectivity index (χ2v) is 8.81. The molecular weight excluding hydrogens is 408 g/mol. The minimum absolute atomic E-state index is 0.139. The van der Waals surface area contributed by atoms with Crippen molar-refractivity contribution in [3.8, 4) is 0 Å². The fourth-order valence-corrected chi connectivity index (χ4v) is 4.74. The molecule has 5 nitrogen and oxygen atoms in total. The number of carboxylic acid groups (broad SMARTS) is 1. The van der Waals surface area contributed by atoms with E-state index in [0.29, 0.717) is 19.0 Å². The topological polar surface area (TPSA) is 60.9 Å². The quantitative estimate of drug-likeness (QED) is 0.716. The van der Waals surface area contributed by atoms with Crippen LogP contribution in [0.25, 0.3) is 0 Å². The molecule has 6 heteroatoms. The highest BCUT2D eigenvalue weighted by Gasteiger charge is 2.25. The standard InChI is InChI=1S/C21H29BrN2O3/c22-19-6-2-5-18(15-19)20(25)23-11-7-16(8-12-23)3-1-4-17-9-13-24(14-10-17)21(26)27/h2,5-6,15-17H,1,3-4,7-14H2,(H,26,27). The maximum Gasteiger partial charge on any atom is 0.407 e. The highest BCUT2D eigenvalue weighted by molar-refractivity contribution is 9.10. The molecule has 2 aliphatic heterocycles. The number of hydrogen-bond acceptors (Lipinski definition) is 2. The molecule has 1 aromatic carbocycles. The number of halogens is 1. The summed E-state index contributed by atoms with van der Waals surface area (Å²) in [6.07, 6.45) is 7.09. The van der Waals surface area contributed by atoms with Crippen molar-refractivity contribution in [3.63, 3.8) is 0 Å². The molecule has 0 unspecified atom stereocenters. The van der Waals surface area contributed by atoms with Gasteiger partial charge in [-0.1, -0.05) is 41.3 Å². The Balaban J connectivity index is 1.34. The summed E-state index contributed by atoms with van der Waals surface area (Å²) in [4.78, 5) is 27.1. The van der Waals surface area contributed by atoms with E-state index in [4.69, 9.17) is 5.11 Å². The van der Waals surface area contributed by atoms with Gasteiger partial charge in [-0.2, -0.15) is 0 Å². The fourth-order valence-electron chi connectivity index (χ4n) is 4.34. The monoisotopic (exact) mass is 436 g/mol. The lowest BCUT2D eigenvalue weighted by atomic mass is 9.87. The number of likely N-dealkylation sites (tertiary alicyclic amines) is 2. The van der Waals surface area contributed by atoms with Gasteiger partial charge < -0.3 is 14.9 Å². The van der Waals surface area contributed by atoms with Gasteiger partial charge in [-0.05, 0) is 55.7 Å². The summed E-state index contributed by atoms with van der Waals surface area (Å²) in [5.41, 5.74) is 0.760. The summed E-state index contributed by atoms with van der Waals surface area (Å²) in [5.74, 6) is 1.54. The van der Waals surface area contributed by atoms with Gasteiger partial charge in [0.05, 0.1) is 0 Å². The largest absolute Gasteiger partial charge is 0.465 e. The molecule has 0 bridgehead atoms. The number of piperidine rings is 2. The van der Waals surface area contributed by atoms with Crippen LogP contribution in [0.4, 0.5) is 4.79 Å². The van der Waals surface area contributed by atoms with Gasteiger partial charge in [0.1, 0.15) is 0 Å². The highest BCUT2D eigenvalue weighted by Crippen LogP contribution is 2.28. The van der Waals surface area contributed by atoms with E-state index in [1.807, 2.05) is 29.2 Å². The van der Waals surface area contributed by atoms with Crippen LogP contribution in [0.5, 0.6) is 0 Å². The number of carbonyl (C=O) groups excluding carboxylic acids is 1. The van der Waals surface area contributed by atoms with Crippen molar-refractivity contribution < 1.29 is 14.7 Å². The zero-order chi connectivity index (χ0) is 19.2. The summed E-state index contributed by atoms with van der Waals surface area (Å²) in [6.45, 7) is 3.09. The van der Waals surface area contributed by atoms with Gasteiger partial charge in [-0.15, -0.1) is 0 Å². The molecule has 2 heterocycles. The molecule has 1 N–H and O–H groups in total. The summed E-state index contributed by atoms with van der Waals surface area (Å²) in [6, 6.07) is 7.62. The van der Waals surface area contributed by atoms with Crippen LogP contribution >= 0.6 is 15.9 Å². The lowest BCUT2D eigenvalue weighted by molar-refractivity contribution is 0.0684. The average Bonchev–Trinajstić information content (AvgIpc) is 2.68. The Labute approximate surface area is 169 Å². The first-order valence-corrected chi connectivity index (χ1v) is 10.8. The smallest absolute Gasteiger partial charge is 0.407 e. The Morgan fingerprint density at radius 1 is 0.963 bits per heavy atom. The Morgan fingerprint density at radius 2 is 1.52 bits per heavy atom. The van der Waals surface area contributed by atoms with Crippen molar-refractivity contribution in [1.82, 2.24) is 9.80 Å². The molecule has 0 aromatic heterocycles. The van der Waals surface area contributed by atoms with E-state index in [1.54, 1.807) is 0 Å². The molecule has 0 saturated carbocycles. The van der Waals surface area contributed by atoms with Crippen LogP contribution in [0.2, 0.25) is 0 Å². The van der Waals surface area contributed by atoms with Gasteiger partial charge >= 0.3 is 6.09 Å².